The fraction of sp³-hybridized carbons (Fsp3) is 0.704. The van der Waals surface area contributed by atoms with Gasteiger partial charge in [0.05, 0.1) is 27.7 Å². The summed E-state index contributed by atoms with van der Waals surface area (Å²) in [6, 6.07) is 0. The van der Waals surface area contributed by atoms with Crippen LogP contribution in [0, 0.1) is 0 Å². The molecular formula is C54H95NO8P+. The van der Waals surface area contributed by atoms with Gasteiger partial charge >= 0.3 is 19.8 Å². The van der Waals surface area contributed by atoms with Crippen LogP contribution in [-0.2, 0) is 32.7 Å². The molecule has 0 saturated heterocycles. The second-order valence-corrected chi connectivity index (χ2v) is 19.2. The molecule has 0 amide bonds. The summed E-state index contributed by atoms with van der Waals surface area (Å²) >= 11 is 0. The molecular weight excluding hydrogens is 822 g/mol. The minimum atomic E-state index is -4.39. The highest BCUT2D eigenvalue weighted by atomic mass is 31.2. The summed E-state index contributed by atoms with van der Waals surface area (Å²) in [6.45, 7) is 4.18. The van der Waals surface area contributed by atoms with Crippen molar-refractivity contribution in [3.8, 4) is 0 Å². The summed E-state index contributed by atoms with van der Waals surface area (Å²) < 4.78 is 34.4. The second-order valence-electron chi connectivity index (χ2n) is 17.8. The number of quaternary nitrogens is 1. The summed E-state index contributed by atoms with van der Waals surface area (Å²) in [7, 11) is 1.46. The molecule has 0 rings (SSSR count). The Kier molecular flexibility index (Phi) is 43.4. The van der Waals surface area contributed by atoms with Crippen molar-refractivity contribution in [2.75, 3.05) is 47.5 Å². The molecule has 1 N–H and O–H groups in total. The average Bonchev–Trinajstić information content (AvgIpc) is 3.25. The molecule has 9 nitrogen and oxygen atoms in total. The molecule has 0 fully saturated rings. The molecule has 10 heteroatoms. The van der Waals surface area contributed by atoms with Crippen molar-refractivity contribution in [3.05, 3.63) is 85.1 Å². The molecule has 0 radical (unpaired) electrons. The van der Waals surface area contributed by atoms with E-state index in [9.17, 15) is 19.0 Å². The summed E-state index contributed by atoms with van der Waals surface area (Å²) in [5.74, 6) is -0.818. The number of phosphoric acid groups is 1. The lowest BCUT2D eigenvalue weighted by molar-refractivity contribution is -0.870. The maximum Gasteiger partial charge on any atom is 0.472 e. The van der Waals surface area contributed by atoms with Crippen LogP contribution in [0.1, 0.15) is 194 Å². The van der Waals surface area contributed by atoms with Gasteiger partial charge in [0.2, 0.25) is 0 Å². The van der Waals surface area contributed by atoms with Crippen LogP contribution in [-0.4, -0.2) is 74.9 Å². The molecule has 0 aliphatic rings. The first kappa shape index (κ1) is 61.2. The largest absolute Gasteiger partial charge is 0.472 e. The van der Waals surface area contributed by atoms with Gasteiger partial charge in [0.25, 0.3) is 0 Å². The predicted molar refractivity (Wildman–Crippen MR) is 270 cm³/mol. The zero-order chi connectivity index (χ0) is 47.1. The lowest BCUT2D eigenvalue weighted by Crippen LogP contribution is -2.37. The van der Waals surface area contributed by atoms with Gasteiger partial charge in [0.15, 0.2) is 6.10 Å². The van der Waals surface area contributed by atoms with Gasteiger partial charge in [-0.05, 0) is 83.5 Å². The van der Waals surface area contributed by atoms with E-state index in [0.717, 1.165) is 103 Å². The predicted octanol–water partition coefficient (Wildman–Crippen LogP) is 15.1. The topological polar surface area (TPSA) is 108 Å². The number of likely N-dealkylation sites (N-methyl/N-ethyl adjacent to an activating group) is 1. The Morgan fingerprint density at radius 2 is 0.844 bits per heavy atom. The third-order valence-electron chi connectivity index (χ3n) is 10.4. The first-order valence-electron chi connectivity index (χ1n) is 25.3. The van der Waals surface area contributed by atoms with Gasteiger partial charge < -0.3 is 18.9 Å². The quantitative estimate of drug-likeness (QED) is 0.0212. The monoisotopic (exact) mass is 917 g/mol. The molecule has 64 heavy (non-hydrogen) atoms. The Hall–Kier alpha value is -2.81. The van der Waals surface area contributed by atoms with Crippen LogP contribution in [0.4, 0.5) is 0 Å². The Morgan fingerprint density at radius 1 is 0.484 bits per heavy atom. The molecule has 0 saturated carbocycles. The van der Waals surface area contributed by atoms with E-state index in [2.05, 4.69) is 98.9 Å². The van der Waals surface area contributed by atoms with Crippen molar-refractivity contribution < 1.29 is 42.1 Å². The summed E-state index contributed by atoms with van der Waals surface area (Å²) in [4.78, 5) is 35.6. The third-order valence-corrected chi connectivity index (χ3v) is 11.4. The Bertz CT molecular complexity index is 1360. The highest BCUT2D eigenvalue weighted by Gasteiger charge is 2.27. The standard InChI is InChI=1S/C54H94NO8P/c1-6-8-10-12-14-16-18-20-22-24-25-26-27-28-29-31-33-35-37-39-41-43-45-47-54(57)63-52(51-62-64(58,59)61-49-48-55(3,4)5)50-60-53(56)46-44-42-40-38-36-34-32-30-23-21-19-17-15-13-11-9-7-2/h8-11,14-17,20-23,25-26,52H,6-7,12-13,18-19,24,27-51H2,1-5H3/p+1/b10-8-,11-9-,16-14-,17-15-,22-20-,23-21-,26-25-. The number of esters is 2. The van der Waals surface area contributed by atoms with Crippen LogP contribution in [0.25, 0.3) is 0 Å². The highest BCUT2D eigenvalue weighted by molar-refractivity contribution is 7.47. The van der Waals surface area contributed by atoms with E-state index in [4.69, 9.17) is 18.5 Å². The molecule has 0 aromatic rings. The lowest BCUT2D eigenvalue weighted by atomic mass is 10.0. The molecule has 2 atom stereocenters. The summed E-state index contributed by atoms with van der Waals surface area (Å²) in [5, 5.41) is 0. The fourth-order valence-electron chi connectivity index (χ4n) is 6.55. The fourth-order valence-corrected chi connectivity index (χ4v) is 7.29. The average molecular weight is 917 g/mol. The van der Waals surface area contributed by atoms with E-state index in [1.54, 1.807) is 0 Å². The van der Waals surface area contributed by atoms with Gasteiger partial charge in [-0.3, -0.25) is 18.6 Å². The molecule has 0 aromatic heterocycles. The van der Waals surface area contributed by atoms with Gasteiger partial charge in [-0.2, -0.15) is 0 Å². The molecule has 0 heterocycles. The van der Waals surface area contributed by atoms with Crippen LogP contribution in [0.15, 0.2) is 85.1 Å². The number of allylic oxidation sites excluding steroid dienone is 14. The van der Waals surface area contributed by atoms with E-state index in [0.29, 0.717) is 17.4 Å². The number of phosphoric ester groups is 1. The molecule has 0 spiro atoms. The zero-order valence-corrected chi connectivity index (χ0v) is 42.4. The Morgan fingerprint density at radius 3 is 1.25 bits per heavy atom. The maximum absolute atomic E-state index is 12.8. The van der Waals surface area contributed by atoms with Crippen LogP contribution in [0.2, 0.25) is 0 Å². The van der Waals surface area contributed by atoms with Crippen LogP contribution >= 0.6 is 7.82 Å². The van der Waals surface area contributed by atoms with Crippen LogP contribution in [0.5, 0.6) is 0 Å². The SMILES string of the molecule is CC/C=C\C/C=C\C/C=C\C/C=C\CCCCCCCCCCCCC(=O)OC(COC(=O)CCCCCCCCC/C=C\C/C=C\C/C=C\CC)COP(=O)(O)OCC[N+](C)(C)C. The van der Waals surface area contributed by atoms with Gasteiger partial charge in [0.1, 0.15) is 19.8 Å². The van der Waals surface area contributed by atoms with Crippen LogP contribution < -0.4 is 0 Å². The van der Waals surface area contributed by atoms with Crippen molar-refractivity contribution in [1.82, 2.24) is 0 Å². The van der Waals surface area contributed by atoms with E-state index in [-0.39, 0.29) is 32.0 Å². The number of nitrogens with zero attached hydrogens (tertiary/aromatic N) is 1. The number of ether oxygens (including phenoxy) is 2. The van der Waals surface area contributed by atoms with Gasteiger partial charge in [-0.25, -0.2) is 4.57 Å². The zero-order valence-electron chi connectivity index (χ0n) is 41.5. The number of hydrogen-bond donors (Lipinski definition) is 1. The minimum absolute atomic E-state index is 0.0249. The van der Waals surface area contributed by atoms with Crippen molar-refractivity contribution in [1.29, 1.82) is 0 Å². The molecule has 0 bridgehead atoms. The molecule has 368 valence electrons. The summed E-state index contributed by atoms with van der Waals surface area (Å²) in [5.41, 5.74) is 0. The number of hydrogen-bond acceptors (Lipinski definition) is 7. The van der Waals surface area contributed by atoms with E-state index >= 15 is 0 Å². The highest BCUT2D eigenvalue weighted by Crippen LogP contribution is 2.43. The second kappa shape index (κ2) is 45.4. The van der Waals surface area contributed by atoms with E-state index < -0.39 is 26.5 Å². The van der Waals surface area contributed by atoms with E-state index in [1.165, 1.54) is 57.8 Å². The number of rotatable bonds is 45. The minimum Gasteiger partial charge on any atom is -0.462 e. The van der Waals surface area contributed by atoms with Crippen molar-refractivity contribution in [2.45, 2.75) is 200 Å². The lowest BCUT2D eigenvalue weighted by Gasteiger charge is -2.24. The Labute approximate surface area is 392 Å². The van der Waals surface area contributed by atoms with Crippen molar-refractivity contribution >= 4 is 19.8 Å². The van der Waals surface area contributed by atoms with E-state index in [1.807, 2.05) is 21.1 Å². The molecule has 0 aromatic carbocycles. The first-order chi connectivity index (χ1) is 31.0. The van der Waals surface area contributed by atoms with Crippen molar-refractivity contribution in [2.24, 2.45) is 0 Å². The van der Waals surface area contributed by atoms with Crippen LogP contribution in [0.3, 0.4) is 0 Å². The van der Waals surface area contributed by atoms with Gasteiger partial charge in [-0.1, -0.05) is 182 Å². The summed E-state index contributed by atoms with van der Waals surface area (Å²) in [6.07, 6.45) is 59.2. The Balaban J connectivity index is 4.28. The van der Waals surface area contributed by atoms with Gasteiger partial charge in [-0.15, -0.1) is 0 Å². The molecule has 2 unspecified atom stereocenters. The molecule has 0 aliphatic carbocycles. The van der Waals surface area contributed by atoms with Gasteiger partial charge in [0, 0.05) is 12.8 Å². The number of unbranched alkanes of at least 4 members (excludes halogenated alkanes) is 17. The number of carbonyl (C=O) groups is 2. The third kappa shape index (κ3) is 48.6. The molecule has 0 aliphatic heterocycles. The smallest absolute Gasteiger partial charge is 0.462 e. The normalized spacial score (nSPS) is 14.2. The van der Waals surface area contributed by atoms with Crippen molar-refractivity contribution in [3.63, 3.8) is 0 Å². The first-order valence-corrected chi connectivity index (χ1v) is 26.8. The maximum atomic E-state index is 12.8. The number of carbonyl (C=O) groups excluding carboxylic acids is 2.